The van der Waals surface area contributed by atoms with Gasteiger partial charge in [0, 0.05) is 13.3 Å². The van der Waals surface area contributed by atoms with E-state index in [1.807, 2.05) is 12.3 Å². The lowest BCUT2D eigenvalue weighted by Gasteiger charge is -2.20. The van der Waals surface area contributed by atoms with E-state index < -0.39 is 0 Å². The van der Waals surface area contributed by atoms with Crippen molar-refractivity contribution >= 4 is 5.82 Å². The molecule has 4 nitrogen and oxygen atoms in total. The number of rotatable bonds is 5. The molecule has 1 rings (SSSR count). The van der Waals surface area contributed by atoms with Gasteiger partial charge in [-0.25, -0.2) is 4.98 Å². The van der Waals surface area contributed by atoms with Crippen molar-refractivity contribution in [1.29, 1.82) is 0 Å². The highest BCUT2D eigenvalue weighted by Crippen LogP contribution is 2.21. The molecule has 0 fully saturated rings. The molecule has 17 heavy (non-hydrogen) atoms. The van der Waals surface area contributed by atoms with Gasteiger partial charge in [0.25, 0.3) is 0 Å². The van der Waals surface area contributed by atoms with Crippen molar-refractivity contribution in [3.8, 4) is 0 Å². The van der Waals surface area contributed by atoms with Crippen LogP contribution in [-0.2, 0) is 10.2 Å². The van der Waals surface area contributed by atoms with E-state index in [1.165, 1.54) is 5.56 Å². The average Bonchev–Trinajstić information content (AvgIpc) is 2.28. The zero-order chi connectivity index (χ0) is 12.9. The highest BCUT2D eigenvalue weighted by Gasteiger charge is 2.14. The van der Waals surface area contributed by atoms with Crippen molar-refractivity contribution in [3.05, 3.63) is 23.9 Å². The standard InChI is InChI=1S/C13H22N2O2/c1-13(2,3)10-5-6-12(14-7-10)15-11(8-16)9-17-4/h5-7,11,16H,8-9H2,1-4H3,(H,14,15). The molecule has 1 aromatic rings. The second-order valence-electron chi connectivity index (χ2n) is 5.16. The summed E-state index contributed by atoms with van der Waals surface area (Å²) in [4.78, 5) is 4.34. The third kappa shape index (κ3) is 4.32. The van der Waals surface area contributed by atoms with Gasteiger partial charge < -0.3 is 15.2 Å². The van der Waals surface area contributed by atoms with Crippen LogP contribution in [0.2, 0.25) is 0 Å². The number of aromatic nitrogens is 1. The number of ether oxygens (including phenoxy) is 1. The lowest BCUT2D eigenvalue weighted by atomic mass is 9.88. The first kappa shape index (κ1) is 13.9. The molecule has 0 radical (unpaired) electrons. The van der Waals surface area contributed by atoms with E-state index in [4.69, 9.17) is 9.84 Å². The second-order valence-corrected chi connectivity index (χ2v) is 5.16. The molecule has 0 aromatic carbocycles. The summed E-state index contributed by atoms with van der Waals surface area (Å²) in [6.45, 7) is 6.94. The van der Waals surface area contributed by atoms with E-state index in [0.29, 0.717) is 6.61 Å². The minimum Gasteiger partial charge on any atom is -0.394 e. The molecule has 0 spiro atoms. The third-order valence-corrected chi connectivity index (χ3v) is 2.57. The molecule has 2 N–H and O–H groups in total. The topological polar surface area (TPSA) is 54.4 Å². The zero-order valence-electron chi connectivity index (χ0n) is 11.0. The van der Waals surface area contributed by atoms with Crippen molar-refractivity contribution < 1.29 is 9.84 Å². The van der Waals surface area contributed by atoms with Crippen LogP contribution in [-0.4, -0.2) is 36.5 Å². The van der Waals surface area contributed by atoms with Gasteiger partial charge in [0.2, 0.25) is 0 Å². The SMILES string of the molecule is COCC(CO)Nc1ccc(C(C)(C)C)cn1. The van der Waals surface area contributed by atoms with Gasteiger partial charge in [0.1, 0.15) is 5.82 Å². The number of methoxy groups -OCH3 is 1. The van der Waals surface area contributed by atoms with Gasteiger partial charge in [0.05, 0.1) is 19.3 Å². The molecule has 1 aromatic heterocycles. The molecule has 1 atom stereocenters. The summed E-state index contributed by atoms with van der Waals surface area (Å²) < 4.78 is 4.99. The number of anilines is 1. The van der Waals surface area contributed by atoms with Gasteiger partial charge in [-0.15, -0.1) is 0 Å². The second kappa shape index (κ2) is 5.98. The molecule has 1 heterocycles. The molecule has 0 amide bonds. The van der Waals surface area contributed by atoms with Crippen molar-refractivity contribution in [1.82, 2.24) is 4.98 Å². The molecule has 0 aliphatic carbocycles. The summed E-state index contributed by atoms with van der Waals surface area (Å²) in [5.74, 6) is 0.758. The molecule has 0 aliphatic rings. The summed E-state index contributed by atoms with van der Waals surface area (Å²) >= 11 is 0. The molecule has 1 unspecified atom stereocenters. The Kier molecular flexibility index (Phi) is 4.90. The van der Waals surface area contributed by atoms with Crippen LogP contribution in [0.1, 0.15) is 26.3 Å². The molecule has 4 heteroatoms. The van der Waals surface area contributed by atoms with E-state index in [1.54, 1.807) is 7.11 Å². The lowest BCUT2D eigenvalue weighted by Crippen LogP contribution is -2.29. The largest absolute Gasteiger partial charge is 0.394 e. The van der Waals surface area contributed by atoms with Gasteiger partial charge in [-0.1, -0.05) is 26.8 Å². The minimum absolute atomic E-state index is 0.0243. The maximum atomic E-state index is 9.13. The highest BCUT2D eigenvalue weighted by atomic mass is 16.5. The van der Waals surface area contributed by atoms with Crippen LogP contribution in [0.15, 0.2) is 18.3 Å². The van der Waals surface area contributed by atoms with Crippen molar-refractivity contribution in [2.75, 3.05) is 25.6 Å². The maximum Gasteiger partial charge on any atom is 0.126 e. The van der Waals surface area contributed by atoms with E-state index >= 15 is 0 Å². The van der Waals surface area contributed by atoms with Crippen LogP contribution in [0, 0.1) is 0 Å². The van der Waals surface area contributed by atoms with E-state index in [2.05, 4.69) is 37.1 Å². The molecule has 0 aliphatic heterocycles. The summed E-state index contributed by atoms with van der Waals surface area (Å²) in [6, 6.07) is 3.86. The number of aliphatic hydroxyl groups is 1. The Bertz CT molecular complexity index is 330. The summed E-state index contributed by atoms with van der Waals surface area (Å²) in [5.41, 5.74) is 1.30. The van der Waals surface area contributed by atoms with Crippen molar-refractivity contribution in [2.45, 2.75) is 32.2 Å². The molecule has 96 valence electrons. The highest BCUT2D eigenvalue weighted by molar-refractivity contribution is 5.38. The minimum atomic E-state index is -0.118. The average molecular weight is 238 g/mol. The molecular formula is C13H22N2O2. The summed E-state index contributed by atoms with van der Waals surface area (Å²) in [7, 11) is 1.61. The Balaban J connectivity index is 2.68. The number of pyridine rings is 1. The van der Waals surface area contributed by atoms with Gasteiger partial charge in [-0.3, -0.25) is 0 Å². The van der Waals surface area contributed by atoms with Crippen LogP contribution in [0.25, 0.3) is 0 Å². The van der Waals surface area contributed by atoms with E-state index in [0.717, 1.165) is 5.82 Å². The predicted octanol–water partition coefficient (Wildman–Crippen LogP) is 1.80. The predicted molar refractivity (Wildman–Crippen MR) is 69.3 cm³/mol. The number of aliphatic hydroxyl groups excluding tert-OH is 1. The van der Waals surface area contributed by atoms with Gasteiger partial charge in [0.15, 0.2) is 0 Å². The van der Waals surface area contributed by atoms with Gasteiger partial charge >= 0.3 is 0 Å². The number of nitrogens with one attached hydrogen (secondary N) is 1. The molecular weight excluding hydrogens is 216 g/mol. The third-order valence-electron chi connectivity index (χ3n) is 2.57. The monoisotopic (exact) mass is 238 g/mol. The number of nitrogens with zero attached hydrogens (tertiary/aromatic N) is 1. The fourth-order valence-corrected chi connectivity index (χ4v) is 1.47. The normalized spacial score (nSPS) is 13.5. The first-order valence-electron chi connectivity index (χ1n) is 5.80. The Morgan fingerprint density at radius 1 is 1.41 bits per heavy atom. The van der Waals surface area contributed by atoms with Crippen LogP contribution >= 0.6 is 0 Å². The van der Waals surface area contributed by atoms with Crippen LogP contribution in [0.4, 0.5) is 5.82 Å². The smallest absolute Gasteiger partial charge is 0.126 e. The van der Waals surface area contributed by atoms with Crippen LogP contribution in [0.5, 0.6) is 0 Å². The maximum absolute atomic E-state index is 9.13. The number of hydrogen-bond donors (Lipinski definition) is 2. The first-order chi connectivity index (χ1) is 7.97. The summed E-state index contributed by atoms with van der Waals surface area (Å²) in [6.07, 6.45) is 1.86. The Hall–Kier alpha value is -1.13. The van der Waals surface area contributed by atoms with Crippen LogP contribution < -0.4 is 5.32 Å². The Labute approximate surface area is 103 Å². The van der Waals surface area contributed by atoms with E-state index in [9.17, 15) is 0 Å². The molecule has 0 saturated heterocycles. The fourth-order valence-electron chi connectivity index (χ4n) is 1.47. The van der Waals surface area contributed by atoms with Crippen LogP contribution in [0.3, 0.4) is 0 Å². The quantitative estimate of drug-likeness (QED) is 0.821. The first-order valence-corrected chi connectivity index (χ1v) is 5.80. The zero-order valence-corrected chi connectivity index (χ0v) is 11.0. The van der Waals surface area contributed by atoms with E-state index in [-0.39, 0.29) is 18.1 Å². The molecule has 0 bridgehead atoms. The van der Waals surface area contributed by atoms with Crippen molar-refractivity contribution in [3.63, 3.8) is 0 Å². The number of hydrogen-bond acceptors (Lipinski definition) is 4. The molecule has 0 saturated carbocycles. The fraction of sp³-hybridized carbons (Fsp3) is 0.615. The van der Waals surface area contributed by atoms with Gasteiger partial charge in [-0.05, 0) is 17.0 Å². The summed E-state index contributed by atoms with van der Waals surface area (Å²) in [5, 5.41) is 12.3. The van der Waals surface area contributed by atoms with Gasteiger partial charge in [-0.2, -0.15) is 0 Å². The lowest BCUT2D eigenvalue weighted by molar-refractivity contribution is 0.153. The van der Waals surface area contributed by atoms with Crippen molar-refractivity contribution in [2.24, 2.45) is 0 Å². The Morgan fingerprint density at radius 2 is 2.12 bits per heavy atom. The Morgan fingerprint density at radius 3 is 2.53 bits per heavy atom.